The number of ether oxygens (including phenoxy) is 1. The molecule has 1 fully saturated rings. The predicted octanol–water partition coefficient (Wildman–Crippen LogP) is 1.97. The third-order valence-corrected chi connectivity index (χ3v) is 2.56. The number of hydrogen-bond acceptors (Lipinski definition) is 3. The minimum Gasteiger partial charge on any atom is -0.466 e. The van der Waals surface area contributed by atoms with Crippen LogP contribution in [0.15, 0.2) is 29.3 Å². The molecule has 1 saturated heterocycles. The van der Waals surface area contributed by atoms with Gasteiger partial charge in [-0.25, -0.2) is 0 Å². The van der Waals surface area contributed by atoms with Crippen LogP contribution in [-0.2, 0) is 4.74 Å². The maximum absolute atomic E-state index is 5.49. The number of aliphatic imine (C=N–C) groups is 1. The molecule has 2 heterocycles. The van der Waals surface area contributed by atoms with Crippen LogP contribution >= 0.6 is 0 Å². The van der Waals surface area contributed by atoms with Gasteiger partial charge in [-0.1, -0.05) is 12.8 Å². The zero-order chi connectivity index (χ0) is 9.64. The highest BCUT2D eigenvalue weighted by Gasteiger charge is 2.17. The van der Waals surface area contributed by atoms with Crippen LogP contribution in [0.1, 0.15) is 25.7 Å². The summed E-state index contributed by atoms with van der Waals surface area (Å²) in [7, 11) is 0. The van der Waals surface area contributed by atoms with Crippen molar-refractivity contribution >= 4 is 6.21 Å². The molecule has 0 aliphatic carbocycles. The van der Waals surface area contributed by atoms with Crippen molar-refractivity contribution < 1.29 is 4.74 Å². The van der Waals surface area contributed by atoms with E-state index in [4.69, 9.17) is 4.74 Å². The molecule has 3 heteroatoms. The second-order valence-corrected chi connectivity index (χ2v) is 3.63. The summed E-state index contributed by atoms with van der Waals surface area (Å²) in [4.78, 5) is 4.12. The maximum atomic E-state index is 5.49. The van der Waals surface area contributed by atoms with Gasteiger partial charge in [0.25, 0.3) is 0 Å². The third-order valence-electron chi connectivity index (χ3n) is 2.56. The fourth-order valence-electron chi connectivity index (χ4n) is 1.79. The van der Waals surface area contributed by atoms with Crippen LogP contribution in [0.2, 0.25) is 0 Å². The summed E-state index contributed by atoms with van der Waals surface area (Å²) in [6.07, 6.45) is 12.0. The third kappa shape index (κ3) is 2.45. The van der Waals surface area contributed by atoms with E-state index in [2.05, 4.69) is 10.3 Å². The highest BCUT2D eigenvalue weighted by atomic mass is 16.5. The number of hydrogen-bond donors (Lipinski definition) is 1. The van der Waals surface area contributed by atoms with E-state index in [0.717, 1.165) is 18.7 Å². The van der Waals surface area contributed by atoms with Gasteiger partial charge in [0.15, 0.2) is 0 Å². The van der Waals surface area contributed by atoms with Gasteiger partial charge in [0, 0.05) is 6.21 Å². The Kier molecular flexibility index (Phi) is 3.35. The van der Waals surface area contributed by atoms with E-state index in [1.165, 1.54) is 19.3 Å². The molecule has 0 aromatic carbocycles. The van der Waals surface area contributed by atoms with Gasteiger partial charge in [0.05, 0.1) is 18.5 Å². The predicted molar refractivity (Wildman–Crippen MR) is 57.1 cm³/mol. The van der Waals surface area contributed by atoms with Gasteiger partial charge in [-0.05, 0) is 25.5 Å². The number of nitrogens with one attached hydrogen (secondary N) is 1. The Morgan fingerprint density at radius 2 is 2.36 bits per heavy atom. The molecule has 76 valence electrons. The van der Waals surface area contributed by atoms with Crippen LogP contribution < -0.4 is 5.32 Å². The fourth-order valence-corrected chi connectivity index (χ4v) is 1.79. The van der Waals surface area contributed by atoms with E-state index in [1.807, 2.05) is 6.20 Å². The van der Waals surface area contributed by atoms with Crippen LogP contribution in [-0.4, -0.2) is 18.8 Å². The topological polar surface area (TPSA) is 33.6 Å². The van der Waals surface area contributed by atoms with Crippen molar-refractivity contribution in [3.8, 4) is 0 Å². The van der Waals surface area contributed by atoms with Gasteiger partial charge in [0.1, 0.15) is 5.76 Å². The normalized spacial score (nSPS) is 27.4. The monoisotopic (exact) mass is 192 g/mol. The molecule has 3 nitrogen and oxygen atoms in total. The molecule has 0 spiro atoms. The second-order valence-electron chi connectivity index (χ2n) is 3.63. The molecule has 1 N–H and O–H groups in total. The lowest BCUT2D eigenvalue weighted by molar-refractivity contribution is 0.295. The van der Waals surface area contributed by atoms with Crippen molar-refractivity contribution in [1.82, 2.24) is 5.32 Å². The number of allylic oxidation sites excluding steroid dienone is 1. The van der Waals surface area contributed by atoms with Crippen LogP contribution in [0.3, 0.4) is 0 Å². The molecule has 1 unspecified atom stereocenters. The average molecular weight is 192 g/mol. The lowest BCUT2D eigenvalue weighted by atomic mass is 10.1. The summed E-state index contributed by atoms with van der Waals surface area (Å²) >= 11 is 0. The Labute approximate surface area is 84.6 Å². The molecule has 2 aliphatic heterocycles. The summed E-state index contributed by atoms with van der Waals surface area (Å²) < 4.78 is 5.49. The molecule has 0 bridgehead atoms. The first-order valence-corrected chi connectivity index (χ1v) is 5.25. The van der Waals surface area contributed by atoms with Crippen LogP contribution in [0.4, 0.5) is 0 Å². The van der Waals surface area contributed by atoms with Crippen molar-refractivity contribution in [2.45, 2.75) is 31.7 Å². The SMILES string of the molecule is C1=COC(C2CCCCCN2)=CN=C1. The highest BCUT2D eigenvalue weighted by molar-refractivity contribution is 5.71. The van der Waals surface area contributed by atoms with Crippen molar-refractivity contribution in [2.75, 3.05) is 6.54 Å². The summed E-state index contributed by atoms with van der Waals surface area (Å²) in [6, 6.07) is 0.345. The largest absolute Gasteiger partial charge is 0.466 e. The van der Waals surface area contributed by atoms with Crippen molar-refractivity contribution in [2.24, 2.45) is 4.99 Å². The van der Waals surface area contributed by atoms with Gasteiger partial charge in [-0.15, -0.1) is 0 Å². The molecule has 14 heavy (non-hydrogen) atoms. The molecule has 0 radical (unpaired) electrons. The van der Waals surface area contributed by atoms with Crippen molar-refractivity contribution in [3.63, 3.8) is 0 Å². The molecule has 2 rings (SSSR count). The lowest BCUT2D eigenvalue weighted by Gasteiger charge is -2.17. The molecule has 0 aromatic heterocycles. The Morgan fingerprint density at radius 1 is 1.36 bits per heavy atom. The summed E-state index contributed by atoms with van der Waals surface area (Å²) in [6.45, 7) is 1.08. The van der Waals surface area contributed by atoms with Gasteiger partial charge in [0.2, 0.25) is 0 Å². The summed E-state index contributed by atoms with van der Waals surface area (Å²) in [5.41, 5.74) is 0. The van der Waals surface area contributed by atoms with E-state index in [-0.39, 0.29) is 0 Å². The molecule has 2 aliphatic rings. The molecular formula is C11H16N2O. The summed E-state index contributed by atoms with van der Waals surface area (Å²) in [5, 5.41) is 3.48. The van der Waals surface area contributed by atoms with Gasteiger partial charge in [-0.3, -0.25) is 4.99 Å². The molecular weight excluding hydrogens is 176 g/mol. The molecule has 1 atom stereocenters. The number of rotatable bonds is 1. The minimum absolute atomic E-state index is 0.345. The minimum atomic E-state index is 0.345. The van der Waals surface area contributed by atoms with Crippen LogP contribution in [0, 0.1) is 0 Å². The maximum Gasteiger partial charge on any atom is 0.138 e. The fraction of sp³-hybridized carbons (Fsp3) is 0.545. The molecule has 0 saturated carbocycles. The highest BCUT2D eigenvalue weighted by Crippen LogP contribution is 2.17. The first kappa shape index (κ1) is 9.46. The van der Waals surface area contributed by atoms with Crippen molar-refractivity contribution in [3.05, 3.63) is 24.3 Å². The van der Waals surface area contributed by atoms with Gasteiger partial charge in [-0.2, -0.15) is 0 Å². The Bertz CT molecular complexity index is 260. The van der Waals surface area contributed by atoms with Gasteiger partial charge >= 0.3 is 0 Å². The van der Waals surface area contributed by atoms with E-state index in [1.54, 1.807) is 18.6 Å². The number of nitrogens with zero attached hydrogens (tertiary/aromatic N) is 1. The molecule has 0 amide bonds. The average Bonchev–Trinajstić information content (AvgIpc) is 2.62. The van der Waals surface area contributed by atoms with Crippen molar-refractivity contribution in [1.29, 1.82) is 0 Å². The molecule has 0 aromatic rings. The lowest BCUT2D eigenvalue weighted by Crippen LogP contribution is -2.30. The van der Waals surface area contributed by atoms with Crippen LogP contribution in [0.5, 0.6) is 0 Å². The zero-order valence-corrected chi connectivity index (χ0v) is 8.28. The van der Waals surface area contributed by atoms with E-state index in [9.17, 15) is 0 Å². The van der Waals surface area contributed by atoms with E-state index in [0.29, 0.717) is 6.04 Å². The first-order valence-electron chi connectivity index (χ1n) is 5.25. The van der Waals surface area contributed by atoms with E-state index < -0.39 is 0 Å². The Morgan fingerprint density at radius 3 is 3.36 bits per heavy atom. The smallest absolute Gasteiger partial charge is 0.138 e. The Balaban J connectivity index is 2.01. The Hall–Kier alpha value is -1.09. The van der Waals surface area contributed by atoms with E-state index >= 15 is 0 Å². The quantitative estimate of drug-likeness (QED) is 0.689. The standard InChI is InChI=1S/C11H16N2O/c1-2-5-10(13-7-3-1)11-9-12-6-4-8-14-11/h4,6,8-10,13H,1-3,5,7H2. The van der Waals surface area contributed by atoms with Crippen LogP contribution in [0.25, 0.3) is 0 Å². The second kappa shape index (κ2) is 4.96. The van der Waals surface area contributed by atoms with Gasteiger partial charge < -0.3 is 10.1 Å². The summed E-state index contributed by atoms with van der Waals surface area (Å²) in [5.74, 6) is 0.942. The first-order chi connectivity index (χ1) is 6.97. The zero-order valence-electron chi connectivity index (χ0n) is 8.28.